The number of para-hydroxylation sites is 1. The molecule has 4 rings (SSSR count). The van der Waals surface area contributed by atoms with Crippen LogP contribution in [0.3, 0.4) is 0 Å². The van der Waals surface area contributed by atoms with Crippen LogP contribution in [-0.2, 0) is 11.3 Å². The van der Waals surface area contributed by atoms with Gasteiger partial charge < -0.3 is 9.32 Å². The third kappa shape index (κ3) is 3.08. The number of aromatic nitrogens is 2. The molecule has 4 aromatic rings. The maximum atomic E-state index is 12.9. The molecule has 0 spiro atoms. The summed E-state index contributed by atoms with van der Waals surface area (Å²) in [4.78, 5) is 26.8. The van der Waals surface area contributed by atoms with Crippen molar-refractivity contribution < 1.29 is 9.21 Å². The molecule has 0 aliphatic rings. The van der Waals surface area contributed by atoms with Gasteiger partial charge in [-0.1, -0.05) is 29.8 Å². The fraction of sp³-hybridized carbons (Fsp3) is 0.150. The minimum absolute atomic E-state index is 0.00268. The van der Waals surface area contributed by atoms with E-state index >= 15 is 0 Å². The Morgan fingerprint density at radius 1 is 1.19 bits per heavy atom. The SMILES string of the molecule is CCN(C(=O)Cn1ncc2c(=O)oc3ccccc3c21)c1cccc(Cl)c1. The van der Waals surface area contributed by atoms with Gasteiger partial charge in [0.05, 0.1) is 11.7 Å². The Kier molecular flexibility index (Phi) is 4.41. The molecule has 1 amide bonds. The predicted octanol–water partition coefficient (Wildman–Crippen LogP) is 3.85. The van der Waals surface area contributed by atoms with Crippen molar-refractivity contribution in [2.24, 2.45) is 0 Å². The summed E-state index contributed by atoms with van der Waals surface area (Å²) < 4.78 is 6.87. The van der Waals surface area contributed by atoms with Gasteiger partial charge in [-0.05, 0) is 37.3 Å². The lowest BCUT2D eigenvalue weighted by molar-refractivity contribution is -0.119. The van der Waals surface area contributed by atoms with Crippen molar-refractivity contribution >= 4 is 45.1 Å². The van der Waals surface area contributed by atoms with Crippen LogP contribution < -0.4 is 10.5 Å². The number of halogens is 1. The molecule has 0 atom stereocenters. The van der Waals surface area contributed by atoms with Gasteiger partial charge in [-0.25, -0.2) is 4.79 Å². The molecule has 0 unspecified atom stereocenters. The fourth-order valence-electron chi connectivity index (χ4n) is 3.21. The summed E-state index contributed by atoms with van der Waals surface area (Å²) in [6.07, 6.45) is 1.44. The highest BCUT2D eigenvalue weighted by atomic mass is 35.5. The minimum Gasteiger partial charge on any atom is -0.422 e. The van der Waals surface area contributed by atoms with Crippen molar-refractivity contribution in [3.63, 3.8) is 0 Å². The number of nitrogens with zero attached hydrogens (tertiary/aromatic N) is 3. The van der Waals surface area contributed by atoms with Crippen molar-refractivity contribution in [3.05, 3.63) is 70.2 Å². The molecule has 0 bridgehead atoms. The van der Waals surface area contributed by atoms with Gasteiger partial charge in [0.25, 0.3) is 0 Å². The molecule has 0 aliphatic carbocycles. The lowest BCUT2D eigenvalue weighted by Crippen LogP contribution is -2.34. The average molecular weight is 382 g/mol. The average Bonchev–Trinajstić information content (AvgIpc) is 3.07. The van der Waals surface area contributed by atoms with Crippen LogP contribution in [0.15, 0.2) is 63.9 Å². The molecule has 0 fully saturated rings. The summed E-state index contributed by atoms with van der Waals surface area (Å²) in [5, 5.41) is 5.91. The lowest BCUT2D eigenvalue weighted by atomic mass is 10.2. The summed E-state index contributed by atoms with van der Waals surface area (Å²) in [6, 6.07) is 14.3. The van der Waals surface area contributed by atoms with E-state index in [4.69, 9.17) is 16.0 Å². The van der Waals surface area contributed by atoms with Crippen LogP contribution in [0.4, 0.5) is 5.69 Å². The Morgan fingerprint density at radius 2 is 2.00 bits per heavy atom. The number of carbonyl (C=O) groups excluding carboxylic acids is 1. The van der Waals surface area contributed by atoms with Gasteiger partial charge in [0.15, 0.2) is 0 Å². The molecule has 0 aliphatic heterocycles. The van der Waals surface area contributed by atoms with E-state index in [-0.39, 0.29) is 12.5 Å². The topological polar surface area (TPSA) is 68.3 Å². The second-order valence-electron chi connectivity index (χ2n) is 6.07. The molecule has 0 N–H and O–H groups in total. The minimum atomic E-state index is -0.468. The molecule has 27 heavy (non-hydrogen) atoms. The van der Waals surface area contributed by atoms with Crippen LogP contribution in [0.25, 0.3) is 21.9 Å². The molecule has 136 valence electrons. The van der Waals surface area contributed by atoms with Crippen molar-refractivity contribution in [1.29, 1.82) is 0 Å². The summed E-state index contributed by atoms with van der Waals surface area (Å²) in [5.74, 6) is -0.151. The molecule has 0 radical (unpaired) electrons. The second kappa shape index (κ2) is 6.89. The van der Waals surface area contributed by atoms with E-state index in [1.54, 1.807) is 39.9 Å². The van der Waals surface area contributed by atoms with Crippen LogP contribution in [-0.4, -0.2) is 22.2 Å². The summed E-state index contributed by atoms with van der Waals surface area (Å²) in [6.45, 7) is 2.38. The third-order valence-corrected chi connectivity index (χ3v) is 4.66. The molecule has 2 aromatic heterocycles. The molecular formula is C20H16ClN3O3. The van der Waals surface area contributed by atoms with E-state index < -0.39 is 5.63 Å². The van der Waals surface area contributed by atoms with E-state index in [9.17, 15) is 9.59 Å². The first-order valence-electron chi connectivity index (χ1n) is 8.52. The van der Waals surface area contributed by atoms with E-state index in [0.29, 0.717) is 28.1 Å². The first-order valence-corrected chi connectivity index (χ1v) is 8.89. The van der Waals surface area contributed by atoms with Crippen LogP contribution in [0.2, 0.25) is 5.02 Å². The van der Waals surface area contributed by atoms with E-state index in [1.165, 1.54) is 6.20 Å². The first kappa shape index (κ1) is 17.3. The van der Waals surface area contributed by atoms with Crippen molar-refractivity contribution in [3.8, 4) is 0 Å². The molecule has 2 aromatic carbocycles. The quantitative estimate of drug-likeness (QED) is 0.503. The van der Waals surface area contributed by atoms with Gasteiger partial charge in [-0.15, -0.1) is 0 Å². The van der Waals surface area contributed by atoms with Gasteiger partial charge in [0, 0.05) is 22.6 Å². The molecular weight excluding hydrogens is 366 g/mol. The van der Waals surface area contributed by atoms with E-state index in [1.807, 2.05) is 25.1 Å². The summed E-state index contributed by atoms with van der Waals surface area (Å²) >= 11 is 6.05. The van der Waals surface area contributed by atoms with Crippen molar-refractivity contribution in [2.45, 2.75) is 13.5 Å². The van der Waals surface area contributed by atoms with Gasteiger partial charge >= 0.3 is 5.63 Å². The number of amides is 1. The molecule has 0 saturated heterocycles. The molecule has 6 nitrogen and oxygen atoms in total. The highest BCUT2D eigenvalue weighted by Crippen LogP contribution is 2.23. The first-order chi connectivity index (χ1) is 13.1. The number of hydrogen-bond donors (Lipinski definition) is 0. The number of anilines is 1. The largest absolute Gasteiger partial charge is 0.422 e. The van der Waals surface area contributed by atoms with E-state index in [0.717, 1.165) is 11.1 Å². The number of fused-ring (bicyclic) bond motifs is 3. The van der Waals surface area contributed by atoms with Crippen molar-refractivity contribution in [2.75, 3.05) is 11.4 Å². The zero-order chi connectivity index (χ0) is 19.0. The highest BCUT2D eigenvalue weighted by molar-refractivity contribution is 6.30. The predicted molar refractivity (Wildman–Crippen MR) is 105 cm³/mol. The smallest absolute Gasteiger partial charge is 0.347 e. The normalized spacial score (nSPS) is 11.2. The Morgan fingerprint density at radius 3 is 2.78 bits per heavy atom. The molecule has 2 heterocycles. The summed E-state index contributed by atoms with van der Waals surface area (Å²) in [5.41, 5.74) is 1.31. The fourth-order valence-corrected chi connectivity index (χ4v) is 3.39. The van der Waals surface area contributed by atoms with Crippen LogP contribution in [0.5, 0.6) is 0 Å². The maximum absolute atomic E-state index is 12.9. The maximum Gasteiger partial charge on any atom is 0.347 e. The van der Waals surface area contributed by atoms with E-state index in [2.05, 4.69) is 5.10 Å². The second-order valence-corrected chi connectivity index (χ2v) is 6.50. The summed E-state index contributed by atoms with van der Waals surface area (Å²) in [7, 11) is 0. The van der Waals surface area contributed by atoms with Gasteiger partial charge in [-0.2, -0.15) is 5.10 Å². The van der Waals surface area contributed by atoms with Crippen LogP contribution in [0.1, 0.15) is 6.92 Å². The number of carbonyl (C=O) groups is 1. The zero-order valence-corrected chi connectivity index (χ0v) is 15.3. The van der Waals surface area contributed by atoms with Gasteiger partial charge in [0.1, 0.15) is 17.5 Å². The van der Waals surface area contributed by atoms with Gasteiger partial charge in [0.2, 0.25) is 5.91 Å². The molecule has 0 saturated carbocycles. The number of hydrogen-bond acceptors (Lipinski definition) is 4. The Labute approximate surface area is 159 Å². The lowest BCUT2D eigenvalue weighted by Gasteiger charge is -2.21. The third-order valence-electron chi connectivity index (χ3n) is 4.43. The zero-order valence-electron chi connectivity index (χ0n) is 14.6. The van der Waals surface area contributed by atoms with Crippen molar-refractivity contribution in [1.82, 2.24) is 9.78 Å². The Bertz CT molecular complexity index is 1210. The number of benzene rings is 2. The van der Waals surface area contributed by atoms with Gasteiger partial charge in [-0.3, -0.25) is 9.48 Å². The number of likely N-dealkylation sites (N-methyl/N-ethyl adjacent to an activating group) is 1. The Hall–Kier alpha value is -3.12. The standard InChI is InChI=1S/C20H16ClN3O3/c1-2-23(14-7-5-6-13(21)10-14)18(25)12-24-19-15-8-3-4-9-17(15)27-20(26)16(19)11-22-24/h3-11H,2,12H2,1H3. The number of rotatable bonds is 4. The Balaban J connectivity index is 1.77. The molecule has 7 heteroatoms. The van der Waals surface area contributed by atoms with Crippen LogP contribution in [0, 0.1) is 0 Å². The van der Waals surface area contributed by atoms with Crippen LogP contribution >= 0.6 is 11.6 Å². The monoisotopic (exact) mass is 381 g/mol. The highest BCUT2D eigenvalue weighted by Gasteiger charge is 2.19.